The largest absolute Gasteiger partial charge is 0.392 e. The number of nitrogens with one attached hydrogen (secondary N) is 2. The number of aromatic amines is 1. The Kier molecular flexibility index (Phi) is 3.56. The van der Waals surface area contributed by atoms with E-state index in [-0.39, 0.29) is 6.54 Å². The van der Waals surface area contributed by atoms with Gasteiger partial charge in [0.25, 0.3) is 5.56 Å². The molecule has 0 aliphatic rings. The fourth-order valence-electron chi connectivity index (χ4n) is 0.919. The number of hydrogen-bond acceptors (Lipinski definition) is 4. The standard InChI is InChI=1S/C8H10FN3O4/c1-4(13)2-10-7(15)12-3-5(9)6(14)11-8(12)16/h3-4,13H,2H2,1H3,(H,10,15)(H,11,14,16). The normalized spacial score (nSPS) is 12.2. The second-order valence-electron chi connectivity index (χ2n) is 3.14. The van der Waals surface area contributed by atoms with Gasteiger partial charge in [-0.1, -0.05) is 0 Å². The van der Waals surface area contributed by atoms with Crippen LogP contribution in [0.2, 0.25) is 0 Å². The molecular weight excluding hydrogens is 221 g/mol. The lowest BCUT2D eigenvalue weighted by Gasteiger charge is -2.07. The number of carbonyl (C=O) groups is 1. The summed E-state index contributed by atoms with van der Waals surface area (Å²) >= 11 is 0. The molecule has 0 aliphatic carbocycles. The van der Waals surface area contributed by atoms with E-state index in [1.807, 2.05) is 0 Å². The molecule has 88 valence electrons. The van der Waals surface area contributed by atoms with E-state index in [1.54, 1.807) is 4.98 Å². The minimum atomic E-state index is -1.24. The molecule has 0 saturated heterocycles. The van der Waals surface area contributed by atoms with Gasteiger partial charge in [-0.3, -0.25) is 9.78 Å². The predicted octanol–water partition coefficient (Wildman–Crippen LogP) is -1.39. The van der Waals surface area contributed by atoms with Gasteiger partial charge < -0.3 is 10.4 Å². The van der Waals surface area contributed by atoms with Crippen LogP contribution in [0.4, 0.5) is 9.18 Å². The van der Waals surface area contributed by atoms with E-state index in [1.165, 1.54) is 6.92 Å². The van der Waals surface area contributed by atoms with Crippen molar-refractivity contribution in [1.29, 1.82) is 0 Å². The Balaban J connectivity index is 2.96. The van der Waals surface area contributed by atoms with Gasteiger partial charge in [-0.15, -0.1) is 0 Å². The molecule has 0 aromatic carbocycles. The molecule has 1 heterocycles. The summed E-state index contributed by atoms with van der Waals surface area (Å²) in [4.78, 5) is 34.7. The lowest BCUT2D eigenvalue weighted by Crippen LogP contribution is -2.42. The average molecular weight is 231 g/mol. The van der Waals surface area contributed by atoms with Gasteiger partial charge in [0.1, 0.15) is 0 Å². The van der Waals surface area contributed by atoms with Gasteiger partial charge in [0.05, 0.1) is 12.3 Å². The smallest absolute Gasteiger partial charge is 0.336 e. The number of amides is 1. The zero-order valence-electron chi connectivity index (χ0n) is 8.36. The molecule has 0 saturated carbocycles. The van der Waals surface area contributed by atoms with Gasteiger partial charge in [0.2, 0.25) is 5.82 Å². The van der Waals surface area contributed by atoms with Crippen molar-refractivity contribution in [2.75, 3.05) is 6.54 Å². The molecule has 1 aromatic heterocycles. The maximum atomic E-state index is 12.8. The Hall–Kier alpha value is -1.96. The Bertz CT molecular complexity index is 505. The van der Waals surface area contributed by atoms with Crippen LogP contribution in [-0.4, -0.2) is 33.3 Å². The van der Waals surface area contributed by atoms with Crippen LogP contribution in [0, 0.1) is 5.82 Å². The number of rotatable bonds is 2. The maximum Gasteiger partial charge on any atom is 0.336 e. The second-order valence-corrected chi connectivity index (χ2v) is 3.14. The van der Waals surface area contributed by atoms with Gasteiger partial charge in [-0.2, -0.15) is 4.39 Å². The molecule has 0 radical (unpaired) electrons. The lowest BCUT2D eigenvalue weighted by molar-refractivity contribution is 0.187. The zero-order chi connectivity index (χ0) is 12.3. The predicted molar refractivity (Wildman–Crippen MR) is 51.8 cm³/mol. The van der Waals surface area contributed by atoms with E-state index in [2.05, 4.69) is 5.32 Å². The van der Waals surface area contributed by atoms with Crippen molar-refractivity contribution in [3.05, 3.63) is 32.9 Å². The number of aromatic nitrogens is 2. The number of carbonyl (C=O) groups excluding carboxylic acids is 1. The third-order valence-corrected chi connectivity index (χ3v) is 1.67. The van der Waals surface area contributed by atoms with E-state index in [4.69, 9.17) is 5.11 Å². The van der Waals surface area contributed by atoms with Crippen LogP contribution >= 0.6 is 0 Å². The summed E-state index contributed by atoms with van der Waals surface area (Å²) < 4.78 is 13.2. The van der Waals surface area contributed by atoms with Crippen LogP contribution in [0.1, 0.15) is 6.92 Å². The Morgan fingerprint density at radius 3 is 2.88 bits per heavy atom. The van der Waals surface area contributed by atoms with Crippen molar-refractivity contribution in [1.82, 2.24) is 14.9 Å². The van der Waals surface area contributed by atoms with Crippen LogP contribution in [0.25, 0.3) is 0 Å². The molecule has 16 heavy (non-hydrogen) atoms. The van der Waals surface area contributed by atoms with Gasteiger partial charge in [0.15, 0.2) is 0 Å². The molecule has 8 heteroatoms. The summed E-state index contributed by atoms with van der Waals surface area (Å²) in [6.07, 6.45) is -0.314. The highest BCUT2D eigenvalue weighted by Crippen LogP contribution is 1.84. The maximum absolute atomic E-state index is 12.8. The first-order valence-electron chi connectivity index (χ1n) is 4.39. The van der Waals surface area contributed by atoms with Gasteiger partial charge in [-0.25, -0.2) is 14.2 Å². The van der Waals surface area contributed by atoms with E-state index < -0.39 is 29.2 Å². The molecule has 1 atom stereocenters. The van der Waals surface area contributed by atoms with Crippen molar-refractivity contribution in [3.63, 3.8) is 0 Å². The highest BCUT2D eigenvalue weighted by Gasteiger charge is 2.10. The van der Waals surface area contributed by atoms with E-state index in [9.17, 15) is 18.8 Å². The van der Waals surface area contributed by atoms with E-state index in [0.29, 0.717) is 10.8 Å². The SMILES string of the molecule is CC(O)CNC(=O)n1cc(F)c(=O)[nH]c1=O. The summed E-state index contributed by atoms with van der Waals surface area (Å²) in [6.45, 7) is 1.34. The number of aliphatic hydroxyl groups excluding tert-OH is 1. The van der Waals surface area contributed by atoms with Crippen LogP contribution in [0.15, 0.2) is 15.8 Å². The van der Waals surface area contributed by atoms with Crippen LogP contribution in [0.3, 0.4) is 0 Å². The molecule has 3 N–H and O–H groups in total. The topological polar surface area (TPSA) is 104 Å². The fourth-order valence-corrected chi connectivity index (χ4v) is 0.919. The quantitative estimate of drug-likeness (QED) is 0.583. The van der Waals surface area contributed by atoms with Crippen molar-refractivity contribution in [2.24, 2.45) is 0 Å². The Morgan fingerprint density at radius 2 is 2.31 bits per heavy atom. The molecule has 0 fully saturated rings. The summed E-state index contributed by atoms with van der Waals surface area (Å²) in [7, 11) is 0. The minimum absolute atomic E-state index is 0.0913. The van der Waals surface area contributed by atoms with E-state index in [0.717, 1.165) is 0 Å². The van der Waals surface area contributed by atoms with E-state index >= 15 is 0 Å². The summed E-state index contributed by atoms with van der Waals surface area (Å²) in [6, 6.07) is -0.930. The third-order valence-electron chi connectivity index (χ3n) is 1.67. The second kappa shape index (κ2) is 4.71. The molecule has 7 nitrogen and oxygen atoms in total. The van der Waals surface area contributed by atoms with Crippen molar-refractivity contribution in [3.8, 4) is 0 Å². The first-order chi connectivity index (χ1) is 7.41. The molecule has 0 bridgehead atoms. The summed E-state index contributed by atoms with van der Waals surface area (Å²) in [5, 5.41) is 11.1. The summed E-state index contributed by atoms with van der Waals surface area (Å²) in [5.41, 5.74) is -2.24. The number of aliphatic hydroxyl groups is 1. The minimum Gasteiger partial charge on any atom is -0.392 e. The zero-order valence-corrected chi connectivity index (χ0v) is 8.36. The highest BCUT2D eigenvalue weighted by atomic mass is 19.1. The molecule has 1 aromatic rings. The van der Waals surface area contributed by atoms with Crippen molar-refractivity contribution >= 4 is 6.03 Å². The summed E-state index contributed by atoms with van der Waals surface area (Å²) in [5.74, 6) is -1.24. The lowest BCUT2D eigenvalue weighted by atomic mass is 10.4. The molecule has 0 spiro atoms. The van der Waals surface area contributed by atoms with Crippen molar-refractivity contribution in [2.45, 2.75) is 13.0 Å². The fraction of sp³-hybridized carbons (Fsp3) is 0.375. The number of halogens is 1. The van der Waals surface area contributed by atoms with Crippen molar-refractivity contribution < 1.29 is 14.3 Å². The van der Waals surface area contributed by atoms with Gasteiger partial charge in [0, 0.05) is 6.54 Å². The first kappa shape index (κ1) is 12.1. The van der Waals surface area contributed by atoms with Crippen LogP contribution in [-0.2, 0) is 0 Å². The monoisotopic (exact) mass is 231 g/mol. The third kappa shape index (κ3) is 2.76. The molecule has 1 unspecified atom stereocenters. The van der Waals surface area contributed by atoms with Crippen LogP contribution in [0.5, 0.6) is 0 Å². The average Bonchev–Trinajstić information content (AvgIpc) is 2.20. The number of H-pyrrole nitrogens is 1. The Labute approximate surface area is 88.5 Å². The molecule has 0 aliphatic heterocycles. The first-order valence-corrected chi connectivity index (χ1v) is 4.39. The van der Waals surface area contributed by atoms with Crippen LogP contribution < -0.4 is 16.6 Å². The highest BCUT2D eigenvalue weighted by molar-refractivity contribution is 5.76. The van der Waals surface area contributed by atoms with Gasteiger partial charge in [-0.05, 0) is 6.92 Å². The van der Waals surface area contributed by atoms with Gasteiger partial charge >= 0.3 is 11.7 Å². The Morgan fingerprint density at radius 1 is 1.69 bits per heavy atom. The number of hydrogen-bond donors (Lipinski definition) is 3. The number of nitrogens with zero attached hydrogens (tertiary/aromatic N) is 1. The molecule has 1 rings (SSSR count). The molecular formula is C8H10FN3O4. The molecule has 1 amide bonds.